The Balaban J connectivity index is 0.000000108. The van der Waals surface area contributed by atoms with Crippen LogP contribution in [0, 0.1) is 66.1 Å². The molecule has 0 unspecified atom stereocenters. The molecule has 2 aliphatic carbocycles. The Kier molecular flexibility index (Phi) is 23.2. The minimum atomic E-state index is -0.219. The van der Waals surface area contributed by atoms with Crippen LogP contribution in [0.3, 0.4) is 0 Å². The van der Waals surface area contributed by atoms with Crippen LogP contribution in [0.25, 0.3) is 262 Å². The summed E-state index contributed by atoms with van der Waals surface area (Å²) in [5, 5.41) is 44.3. The summed E-state index contributed by atoms with van der Waals surface area (Å²) in [6.45, 7) is 29.7. The van der Waals surface area contributed by atoms with Crippen LogP contribution in [0.1, 0.15) is 16.7 Å². The number of hydrogen-bond donors (Lipinski definition) is 0. The van der Waals surface area contributed by atoms with Gasteiger partial charge in [0.05, 0.1) is 61.2 Å². The van der Waals surface area contributed by atoms with Gasteiger partial charge in [-0.1, -0.05) is 400 Å². The molecular formula is C137H78FN7. The lowest BCUT2D eigenvalue weighted by Crippen LogP contribution is -1.93. The lowest BCUT2D eigenvalue weighted by molar-refractivity contribution is 0.628. The third-order valence-corrected chi connectivity index (χ3v) is 28.0. The molecule has 0 spiro atoms. The number of hydrogen-bond acceptors (Lipinski definition) is 3. The third kappa shape index (κ3) is 16.0. The van der Waals surface area contributed by atoms with Crippen molar-refractivity contribution in [2.45, 2.75) is 0 Å². The van der Waals surface area contributed by atoms with Gasteiger partial charge in [0.1, 0.15) is 5.82 Å². The minimum Gasteiger partial charge on any atom is -0.238 e. The Morgan fingerprint density at radius 1 is 0.172 bits per heavy atom. The third-order valence-electron chi connectivity index (χ3n) is 28.0. The number of fused-ring (bicyclic) bond motifs is 11. The molecule has 24 aromatic rings. The van der Waals surface area contributed by atoms with E-state index >= 15 is 0 Å². The highest BCUT2D eigenvalue weighted by atomic mass is 19.1. The first-order chi connectivity index (χ1) is 71.5. The van der Waals surface area contributed by atoms with Gasteiger partial charge in [-0.15, -0.1) is 0 Å². The molecular weight excluding hydrogens is 1760 g/mol. The van der Waals surface area contributed by atoms with Crippen LogP contribution in [0.15, 0.2) is 473 Å². The van der Waals surface area contributed by atoms with E-state index in [1.807, 2.05) is 164 Å². The first-order valence-corrected chi connectivity index (χ1v) is 47.7. The zero-order valence-electron chi connectivity index (χ0n) is 78.0. The molecule has 26 rings (SSSR count). The van der Waals surface area contributed by atoms with Crippen LogP contribution in [0.5, 0.6) is 0 Å². The van der Waals surface area contributed by atoms with E-state index in [4.69, 9.17) is 26.3 Å². The Bertz CT molecular complexity index is 9010. The van der Waals surface area contributed by atoms with E-state index in [9.17, 15) is 20.2 Å². The number of nitriles is 3. The molecule has 24 aromatic carbocycles. The van der Waals surface area contributed by atoms with Crippen molar-refractivity contribution in [2.24, 2.45) is 0 Å². The SMILES string of the molecule is Fc1ccc(-c2ccc3c4c(cccc24)-c2c-3c(-c3ccccc3)c3ccccc3c2-c2ccccc2)cc1.[C-]#[N+]c1ccc(-c2c3ccccc3c(-c3ccc(C#N)cc3)c3ccccc23)cc1.[C-]#[N+]c1ccc(-c2cc3cc(-c4ccc(C#N)cc4)c(-c4ccc(C#N)cc4)cc3cc2-c2ccc([N+]#[C-])cc2)cc1.[C-]#[N+]c1ccc2c3c(cccc13)-c1c-2c(-c2ccccc2)c2ccccc2c1-c1ccccc1. The van der Waals surface area contributed by atoms with Crippen molar-refractivity contribution >= 4 is 98.2 Å². The molecule has 8 heteroatoms. The maximum atomic E-state index is 13.8. The van der Waals surface area contributed by atoms with Crippen LogP contribution >= 0.6 is 0 Å². The lowest BCUT2D eigenvalue weighted by Gasteiger charge is -2.20. The Hall–Kier alpha value is -20.5. The van der Waals surface area contributed by atoms with Gasteiger partial charge >= 0.3 is 0 Å². The molecule has 0 amide bonds. The van der Waals surface area contributed by atoms with Gasteiger partial charge in [0, 0.05) is 0 Å². The molecule has 0 heterocycles. The van der Waals surface area contributed by atoms with Gasteiger partial charge in [-0.2, -0.15) is 15.8 Å². The van der Waals surface area contributed by atoms with Gasteiger partial charge in [-0.05, 0) is 315 Å². The Labute approximate surface area is 838 Å². The van der Waals surface area contributed by atoms with Gasteiger partial charge in [-0.25, -0.2) is 23.8 Å². The normalized spacial score (nSPS) is 11.0. The quantitative estimate of drug-likeness (QED) is 0.0955. The second-order valence-electron chi connectivity index (χ2n) is 36.0. The summed E-state index contributed by atoms with van der Waals surface area (Å²) in [5.74, 6) is -0.219. The summed E-state index contributed by atoms with van der Waals surface area (Å²) >= 11 is 0. The van der Waals surface area contributed by atoms with Crippen LogP contribution in [-0.2, 0) is 0 Å². The molecule has 0 aliphatic heterocycles. The fraction of sp³-hybridized carbons (Fsp3) is 0. The molecule has 0 fully saturated rings. The van der Waals surface area contributed by atoms with Crippen LogP contribution in [0.2, 0.25) is 0 Å². The fourth-order valence-electron chi connectivity index (χ4n) is 21.5. The van der Waals surface area contributed by atoms with Crippen molar-refractivity contribution in [2.75, 3.05) is 0 Å². The monoisotopic (exact) mass is 1840 g/mol. The van der Waals surface area contributed by atoms with Crippen LogP contribution < -0.4 is 0 Å². The smallest absolute Gasteiger partial charge is 0.194 e. The molecule has 0 radical (unpaired) electrons. The van der Waals surface area contributed by atoms with Crippen molar-refractivity contribution in [1.29, 1.82) is 15.8 Å². The average molecular weight is 1840 g/mol. The van der Waals surface area contributed by atoms with Crippen molar-refractivity contribution in [3.63, 3.8) is 0 Å². The minimum absolute atomic E-state index is 0.219. The van der Waals surface area contributed by atoms with Gasteiger partial charge in [0.15, 0.2) is 22.7 Å². The molecule has 7 nitrogen and oxygen atoms in total. The predicted molar refractivity (Wildman–Crippen MR) is 596 cm³/mol. The molecule has 2 aliphatic rings. The van der Waals surface area contributed by atoms with E-state index in [1.54, 1.807) is 12.1 Å². The van der Waals surface area contributed by atoms with Crippen LogP contribution in [0.4, 0.5) is 27.1 Å². The molecule has 0 atom stereocenters. The maximum absolute atomic E-state index is 13.8. The molecule has 0 saturated heterocycles. The van der Waals surface area contributed by atoms with Gasteiger partial charge in [0.25, 0.3) is 0 Å². The zero-order chi connectivity index (χ0) is 98.1. The summed E-state index contributed by atoms with van der Waals surface area (Å²) in [4.78, 5) is 14.5. The maximum Gasteiger partial charge on any atom is 0.194 e. The summed E-state index contributed by atoms with van der Waals surface area (Å²) in [6, 6.07) is 167. The largest absolute Gasteiger partial charge is 0.238 e. The van der Waals surface area contributed by atoms with Crippen LogP contribution in [-0.4, -0.2) is 0 Å². The van der Waals surface area contributed by atoms with E-state index in [2.05, 4.69) is 335 Å². The van der Waals surface area contributed by atoms with Gasteiger partial charge in [-0.3, -0.25) is 0 Å². The second kappa shape index (κ2) is 38.1. The van der Waals surface area contributed by atoms with E-state index in [1.165, 1.54) is 159 Å². The summed E-state index contributed by atoms with van der Waals surface area (Å²) in [5.41, 5.74) is 39.0. The number of benzene rings is 24. The Morgan fingerprint density at radius 2 is 0.400 bits per heavy atom. The van der Waals surface area contributed by atoms with Crippen molar-refractivity contribution in [3.8, 4) is 185 Å². The highest BCUT2D eigenvalue weighted by Crippen LogP contribution is 2.62. The van der Waals surface area contributed by atoms with Crippen molar-refractivity contribution < 1.29 is 4.39 Å². The lowest BCUT2D eigenvalue weighted by atomic mass is 9.82. The average Bonchev–Trinajstić information content (AvgIpc) is 1.54. The first-order valence-electron chi connectivity index (χ1n) is 47.7. The first kappa shape index (κ1) is 88.4. The van der Waals surface area contributed by atoms with E-state index in [-0.39, 0.29) is 5.82 Å². The number of nitrogens with zero attached hydrogens (tertiary/aromatic N) is 7. The second-order valence-corrected chi connectivity index (χ2v) is 36.0. The standard InChI is InChI=1S/C38H23F.C38H20N4.C33H19N.C28H16N2/c39-27-20-18-24(19-21-27)28-22-23-33-36-29(28)16-9-17-32(36)37-34(25-10-3-1-4-11-25)30-14-7-8-15-31(30)35(38(33)37)26-12-5-2-6-13-26;1-41-33-15-11-29(12-16-33)37-21-31-19-35(27-7-3-25(23-39)4-8-27)36(28-9-5-26(24-40)6-10-28)20-32(31)22-38(37)30-13-17-34(42-2)18-14-30;1-34-28-20-19-27-31-25(28)17-10-18-26(31)32-29(21-11-4-2-5-12-21)23-15-8-9-16-24(23)30(33(27)32)22-13-6-3-7-14-22;1-30-22-16-14-21(15-17-22)28-25-8-4-2-6-23(25)27(24-7-3-5-9-26(24)28)20-12-10-19(18-29)11-13-20/h1-23H;3-22H;2-20H;2-17H. The van der Waals surface area contributed by atoms with Crippen molar-refractivity contribution in [1.82, 2.24) is 0 Å². The van der Waals surface area contributed by atoms with E-state index in [0.717, 1.165) is 82.9 Å². The summed E-state index contributed by atoms with van der Waals surface area (Å²) < 4.78 is 13.8. The van der Waals surface area contributed by atoms with Crippen molar-refractivity contribution in [3.05, 3.63) is 541 Å². The van der Waals surface area contributed by atoms with Gasteiger partial charge < -0.3 is 0 Å². The Morgan fingerprint density at radius 3 is 0.703 bits per heavy atom. The summed E-state index contributed by atoms with van der Waals surface area (Å²) in [7, 11) is 0. The zero-order valence-corrected chi connectivity index (χ0v) is 78.0. The van der Waals surface area contributed by atoms with Gasteiger partial charge in [0.2, 0.25) is 0 Å². The fourth-order valence-corrected chi connectivity index (χ4v) is 21.5. The number of rotatable bonds is 11. The van der Waals surface area contributed by atoms with E-state index in [0.29, 0.717) is 39.4 Å². The predicted octanol–water partition coefficient (Wildman–Crippen LogP) is 38.4. The highest BCUT2D eigenvalue weighted by molar-refractivity contribution is 6.31. The molecule has 0 bridgehead atoms. The summed E-state index contributed by atoms with van der Waals surface area (Å²) in [6.07, 6.45) is 0. The molecule has 145 heavy (non-hydrogen) atoms. The molecule has 0 saturated carbocycles. The molecule has 668 valence electrons. The highest BCUT2D eigenvalue weighted by Gasteiger charge is 2.34. The molecule has 0 aromatic heterocycles. The topological polar surface area (TPSA) is 88.8 Å². The molecule has 0 N–H and O–H groups in total. The number of halogens is 1. The van der Waals surface area contributed by atoms with E-state index < -0.39 is 0 Å².